The van der Waals surface area contributed by atoms with Crippen molar-refractivity contribution in [3.05, 3.63) is 108 Å². The molecule has 0 fully saturated rings. The molecule has 0 aliphatic carbocycles. The van der Waals surface area contributed by atoms with Crippen LogP contribution < -0.4 is 4.74 Å². The van der Waals surface area contributed by atoms with E-state index < -0.39 is 6.10 Å². The Hall–Kier alpha value is -3.73. The number of ether oxygens (including phenoxy) is 1. The van der Waals surface area contributed by atoms with Crippen LogP contribution in [0, 0.1) is 5.82 Å². The lowest BCUT2D eigenvalue weighted by atomic mass is 10.1. The second-order valence-corrected chi connectivity index (χ2v) is 6.62. The number of benzene rings is 3. The summed E-state index contributed by atoms with van der Waals surface area (Å²) in [6.45, 7) is 1.81. The Morgan fingerprint density at radius 1 is 0.966 bits per heavy atom. The molecule has 4 nitrogen and oxygen atoms in total. The van der Waals surface area contributed by atoms with E-state index in [9.17, 15) is 9.18 Å². The summed E-state index contributed by atoms with van der Waals surface area (Å²) in [5, 5.41) is 4.32. The maximum absolute atomic E-state index is 14.5. The number of halogens is 1. The van der Waals surface area contributed by atoms with Gasteiger partial charge in [0.25, 0.3) is 5.91 Å². The van der Waals surface area contributed by atoms with Gasteiger partial charge in [0.05, 0.1) is 0 Å². The molecule has 0 bridgehead atoms. The third-order valence-electron chi connectivity index (χ3n) is 4.59. The minimum absolute atomic E-state index is 0.220. The Bertz CT molecular complexity index is 1120. The summed E-state index contributed by atoms with van der Waals surface area (Å²) in [6, 6.07) is 24.8. The lowest BCUT2D eigenvalue weighted by molar-refractivity contribution is 0.0943. The van der Waals surface area contributed by atoms with Gasteiger partial charge in [0.1, 0.15) is 23.4 Å². The van der Waals surface area contributed by atoms with Crippen LogP contribution in [0.25, 0.3) is 11.1 Å². The molecular weight excluding hydrogens is 367 g/mol. The van der Waals surface area contributed by atoms with Gasteiger partial charge >= 0.3 is 0 Å². The molecule has 0 aliphatic rings. The second kappa shape index (κ2) is 8.10. The first-order chi connectivity index (χ1) is 14.1. The van der Waals surface area contributed by atoms with Gasteiger partial charge in [0, 0.05) is 23.4 Å². The van der Waals surface area contributed by atoms with Gasteiger partial charge in [-0.25, -0.2) is 9.07 Å². The normalized spacial score (nSPS) is 11.8. The zero-order chi connectivity index (χ0) is 20.2. The zero-order valence-corrected chi connectivity index (χ0v) is 15.8. The Morgan fingerprint density at radius 2 is 1.66 bits per heavy atom. The highest BCUT2D eigenvalue weighted by atomic mass is 19.1. The van der Waals surface area contributed by atoms with Crippen molar-refractivity contribution in [2.45, 2.75) is 13.0 Å². The lowest BCUT2D eigenvalue weighted by Gasteiger charge is -2.13. The van der Waals surface area contributed by atoms with E-state index in [4.69, 9.17) is 4.74 Å². The molecule has 29 heavy (non-hydrogen) atoms. The van der Waals surface area contributed by atoms with E-state index in [1.807, 2.05) is 43.3 Å². The predicted molar refractivity (Wildman–Crippen MR) is 109 cm³/mol. The van der Waals surface area contributed by atoms with Gasteiger partial charge in [-0.05, 0) is 42.8 Å². The minimum Gasteiger partial charge on any atom is -0.484 e. The number of carbonyl (C=O) groups excluding carboxylic acids is 1. The SMILES string of the molecule is CC(Oc1ccc(-c2ccccc2)c(F)c1)c1ccn(C(=O)c2ccccc2)n1. The molecule has 0 saturated carbocycles. The molecule has 0 spiro atoms. The van der Waals surface area contributed by atoms with Crippen LogP contribution in [0.3, 0.4) is 0 Å². The predicted octanol–water partition coefficient (Wildman–Crippen LogP) is 5.52. The van der Waals surface area contributed by atoms with Gasteiger partial charge in [-0.3, -0.25) is 4.79 Å². The van der Waals surface area contributed by atoms with Crippen LogP contribution in [0.2, 0.25) is 0 Å². The molecule has 0 saturated heterocycles. The fraction of sp³-hybridized carbons (Fsp3) is 0.0833. The average Bonchev–Trinajstić information content (AvgIpc) is 3.25. The first kappa shape index (κ1) is 18.6. The van der Waals surface area contributed by atoms with Crippen LogP contribution in [0.5, 0.6) is 5.75 Å². The third kappa shape index (κ3) is 4.09. The molecule has 4 aromatic rings. The summed E-state index contributed by atoms with van der Waals surface area (Å²) in [4.78, 5) is 12.5. The topological polar surface area (TPSA) is 44.1 Å². The summed E-state index contributed by atoms with van der Waals surface area (Å²) in [6.07, 6.45) is 1.16. The first-order valence-electron chi connectivity index (χ1n) is 9.29. The summed E-state index contributed by atoms with van der Waals surface area (Å²) in [7, 11) is 0. The van der Waals surface area contributed by atoms with E-state index in [2.05, 4.69) is 5.10 Å². The molecule has 144 valence electrons. The van der Waals surface area contributed by atoms with Crippen LogP contribution >= 0.6 is 0 Å². The standard InChI is InChI=1S/C24H19FN2O2/c1-17(23-14-15-27(26-23)24(28)19-10-6-3-7-11-19)29-20-12-13-21(22(25)16-20)18-8-4-2-5-9-18/h2-17H,1H3. The molecule has 0 amide bonds. The van der Waals surface area contributed by atoms with Gasteiger partial charge in [-0.15, -0.1) is 0 Å². The zero-order valence-electron chi connectivity index (χ0n) is 15.8. The molecule has 0 radical (unpaired) electrons. The molecule has 5 heteroatoms. The summed E-state index contributed by atoms with van der Waals surface area (Å²) in [5.74, 6) is -0.174. The van der Waals surface area contributed by atoms with E-state index in [1.54, 1.807) is 48.7 Å². The molecular formula is C24H19FN2O2. The molecule has 1 aromatic heterocycles. The van der Waals surface area contributed by atoms with Gasteiger partial charge < -0.3 is 4.74 Å². The maximum atomic E-state index is 14.5. The number of hydrogen-bond acceptors (Lipinski definition) is 3. The van der Waals surface area contributed by atoms with Crippen molar-refractivity contribution in [1.29, 1.82) is 0 Å². The quantitative estimate of drug-likeness (QED) is 0.454. The van der Waals surface area contributed by atoms with Crippen LogP contribution in [0.15, 0.2) is 91.1 Å². The molecule has 1 atom stereocenters. The molecule has 1 unspecified atom stereocenters. The molecule has 3 aromatic carbocycles. The van der Waals surface area contributed by atoms with Crippen LogP contribution in [-0.4, -0.2) is 15.7 Å². The maximum Gasteiger partial charge on any atom is 0.278 e. The fourth-order valence-corrected chi connectivity index (χ4v) is 3.07. The summed E-state index contributed by atoms with van der Waals surface area (Å²) < 4.78 is 21.7. The number of hydrogen-bond donors (Lipinski definition) is 0. The molecule has 1 heterocycles. The van der Waals surface area contributed by atoms with Crippen LogP contribution in [0.4, 0.5) is 4.39 Å². The van der Waals surface area contributed by atoms with Gasteiger partial charge in [0.15, 0.2) is 0 Å². The van der Waals surface area contributed by atoms with Crippen molar-refractivity contribution >= 4 is 5.91 Å². The smallest absolute Gasteiger partial charge is 0.278 e. The number of carbonyl (C=O) groups is 1. The van der Waals surface area contributed by atoms with Crippen molar-refractivity contribution in [3.8, 4) is 16.9 Å². The summed E-state index contributed by atoms with van der Waals surface area (Å²) >= 11 is 0. The van der Waals surface area contributed by atoms with E-state index in [0.29, 0.717) is 22.6 Å². The van der Waals surface area contributed by atoms with E-state index in [1.165, 1.54) is 10.7 Å². The second-order valence-electron chi connectivity index (χ2n) is 6.62. The van der Waals surface area contributed by atoms with Gasteiger partial charge in [-0.2, -0.15) is 5.10 Å². The van der Waals surface area contributed by atoms with Crippen molar-refractivity contribution in [2.75, 3.05) is 0 Å². The Labute approximate surface area is 168 Å². The van der Waals surface area contributed by atoms with Crippen molar-refractivity contribution < 1.29 is 13.9 Å². The van der Waals surface area contributed by atoms with E-state index in [0.717, 1.165) is 5.56 Å². The third-order valence-corrected chi connectivity index (χ3v) is 4.59. The van der Waals surface area contributed by atoms with E-state index >= 15 is 0 Å². The lowest BCUT2D eigenvalue weighted by Crippen LogP contribution is -2.14. The van der Waals surface area contributed by atoms with Crippen LogP contribution in [0.1, 0.15) is 29.1 Å². The van der Waals surface area contributed by atoms with E-state index in [-0.39, 0.29) is 11.7 Å². The Balaban J connectivity index is 1.49. The number of aromatic nitrogens is 2. The molecule has 4 rings (SSSR count). The number of rotatable bonds is 5. The minimum atomic E-state index is -0.443. The molecule has 0 N–H and O–H groups in total. The Morgan fingerprint density at radius 3 is 2.34 bits per heavy atom. The first-order valence-corrected chi connectivity index (χ1v) is 9.29. The van der Waals surface area contributed by atoms with Gasteiger partial charge in [-0.1, -0.05) is 48.5 Å². The van der Waals surface area contributed by atoms with Gasteiger partial charge in [0.2, 0.25) is 0 Å². The highest BCUT2D eigenvalue weighted by Crippen LogP contribution is 2.28. The fourth-order valence-electron chi connectivity index (χ4n) is 3.07. The van der Waals surface area contributed by atoms with Crippen LogP contribution in [-0.2, 0) is 0 Å². The highest BCUT2D eigenvalue weighted by molar-refractivity contribution is 5.95. The average molecular weight is 386 g/mol. The van der Waals surface area contributed by atoms with Crippen molar-refractivity contribution in [1.82, 2.24) is 9.78 Å². The number of nitrogens with zero attached hydrogens (tertiary/aromatic N) is 2. The Kier molecular flexibility index (Phi) is 5.20. The van der Waals surface area contributed by atoms with Crippen molar-refractivity contribution in [3.63, 3.8) is 0 Å². The monoisotopic (exact) mass is 386 g/mol. The molecule has 0 aliphatic heterocycles. The largest absolute Gasteiger partial charge is 0.484 e. The highest BCUT2D eigenvalue weighted by Gasteiger charge is 2.16. The van der Waals surface area contributed by atoms with Crippen molar-refractivity contribution in [2.24, 2.45) is 0 Å². The summed E-state index contributed by atoms with van der Waals surface area (Å²) in [5.41, 5.74) is 2.46.